The molecule has 134 valence electrons. The van der Waals surface area contributed by atoms with Gasteiger partial charge in [-0.3, -0.25) is 4.79 Å². The quantitative estimate of drug-likeness (QED) is 0.582. The van der Waals surface area contributed by atoms with Gasteiger partial charge in [0, 0.05) is 11.5 Å². The van der Waals surface area contributed by atoms with Crippen molar-refractivity contribution in [2.45, 2.75) is 24.9 Å². The average molecular weight is 350 g/mol. The van der Waals surface area contributed by atoms with Gasteiger partial charge in [0.05, 0.1) is 19.4 Å². The highest BCUT2D eigenvalue weighted by molar-refractivity contribution is 5.87. The maximum Gasteiger partial charge on any atom is 0.258 e. The summed E-state index contributed by atoms with van der Waals surface area (Å²) in [4.78, 5) is 12.6. The second-order valence-corrected chi connectivity index (χ2v) is 6.62. The first-order valence-electron chi connectivity index (χ1n) is 8.82. The van der Waals surface area contributed by atoms with E-state index in [-0.39, 0.29) is 23.9 Å². The van der Waals surface area contributed by atoms with E-state index in [0.717, 1.165) is 24.2 Å². The second-order valence-electron chi connectivity index (χ2n) is 6.62. The van der Waals surface area contributed by atoms with Crippen molar-refractivity contribution in [2.24, 2.45) is 11.0 Å². The van der Waals surface area contributed by atoms with Crippen LogP contribution < -0.4 is 21.0 Å². The average Bonchev–Trinajstić information content (AvgIpc) is 3.13. The first-order valence-corrected chi connectivity index (χ1v) is 8.82. The van der Waals surface area contributed by atoms with E-state index in [4.69, 9.17) is 4.74 Å². The van der Waals surface area contributed by atoms with Crippen LogP contribution in [0.4, 0.5) is 0 Å². The normalized spacial score (nSPS) is 24.1. The summed E-state index contributed by atoms with van der Waals surface area (Å²) in [6.07, 6.45) is 3.57. The molecule has 0 bridgehead atoms. The zero-order valence-corrected chi connectivity index (χ0v) is 14.6. The molecule has 2 aliphatic rings. The lowest BCUT2D eigenvalue weighted by atomic mass is 9.77. The first kappa shape index (κ1) is 16.8. The molecular weight excluding hydrogens is 328 g/mol. The van der Waals surface area contributed by atoms with Crippen LogP contribution in [0.5, 0.6) is 5.75 Å². The molecule has 1 aliphatic carbocycles. The Morgan fingerprint density at radius 3 is 2.88 bits per heavy atom. The molecule has 2 aromatic carbocycles. The standard InChI is InChI=1S/C20H22N4O2/c1-26-17-9-5-3-7-14(17)12-21-24-20(25)19-16-11-10-13-6-2-4-8-15(13)18(16)22-23-19/h2-9,12,16,18-19,22-23H,10-11H2,1H3,(H,24,25)/b21-12+. The molecule has 1 fully saturated rings. The highest BCUT2D eigenvalue weighted by atomic mass is 16.5. The van der Waals surface area contributed by atoms with Crippen LogP contribution in [0.2, 0.25) is 0 Å². The van der Waals surface area contributed by atoms with E-state index in [1.165, 1.54) is 11.1 Å². The van der Waals surface area contributed by atoms with Crippen LogP contribution in [0.1, 0.15) is 29.2 Å². The molecule has 0 radical (unpaired) electrons. The number of nitrogens with one attached hydrogen (secondary N) is 3. The highest BCUT2D eigenvalue weighted by Crippen LogP contribution is 2.38. The number of nitrogens with zero attached hydrogens (tertiary/aromatic N) is 1. The molecule has 0 spiro atoms. The summed E-state index contributed by atoms with van der Waals surface area (Å²) in [5.41, 5.74) is 12.6. The van der Waals surface area contributed by atoms with Crippen molar-refractivity contribution in [2.75, 3.05) is 7.11 Å². The van der Waals surface area contributed by atoms with E-state index in [9.17, 15) is 4.79 Å². The number of hydrogen-bond donors (Lipinski definition) is 3. The Kier molecular flexibility index (Phi) is 4.69. The summed E-state index contributed by atoms with van der Waals surface area (Å²) in [5.74, 6) is 0.803. The van der Waals surface area contributed by atoms with Gasteiger partial charge in [-0.2, -0.15) is 5.10 Å². The van der Waals surface area contributed by atoms with E-state index in [0.29, 0.717) is 0 Å². The van der Waals surface area contributed by atoms with Crippen LogP contribution in [-0.2, 0) is 11.2 Å². The number of aryl methyl sites for hydroxylation is 1. The fourth-order valence-electron chi connectivity index (χ4n) is 3.88. The van der Waals surface area contributed by atoms with Gasteiger partial charge in [-0.15, -0.1) is 0 Å². The molecule has 1 amide bonds. The molecule has 3 unspecified atom stereocenters. The number of fused-ring (bicyclic) bond motifs is 3. The number of hydrazone groups is 1. The van der Waals surface area contributed by atoms with E-state index >= 15 is 0 Å². The largest absolute Gasteiger partial charge is 0.496 e. The molecule has 1 heterocycles. The maximum atomic E-state index is 12.6. The molecule has 3 atom stereocenters. The summed E-state index contributed by atoms with van der Waals surface area (Å²) in [6.45, 7) is 0. The Morgan fingerprint density at radius 2 is 2.00 bits per heavy atom. The topological polar surface area (TPSA) is 74.8 Å². The Labute approximate surface area is 152 Å². The number of amides is 1. The first-order chi connectivity index (χ1) is 12.8. The molecule has 6 nitrogen and oxygen atoms in total. The summed E-state index contributed by atoms with van der Waals surface area (Å²) < 4.78 is 5.28. The maximum absolute atomic E-state index is 12.6. The predicted octanol–water partition coefficient (Wildman–Crippen LogP) is 1.93. The van der Waals surface area contributed by atoms with Gasteiger partial charge in [0.1, 0.15) is 11.8 Å². The van der Waals surface area contributed by atoms with Gasteiger partial charge >= 0.3 is 0 Å². The Morgan fingerprint density at radius 1 is 1.19 bits per heavy atom. The van der Waals surface area contributed by atoms with Crippen molar-refractivity contribution < 1.29 is 9.53 Å². The molecule has 6 heteroatoms. The fraction of sp³-hybridized carbons (Fsp3) is 0.300. The highest BCUT2D eigenvalue weighted by Gasteiger charge is 2.43. The van der Waals surface area contributed by atoms with Gasteiger partial charge in [-0.1, -0.05) is 36.4 Å². The van der Waals surface area contributed by atoms with Gasteiger partial charge in [0.15, 0.2) is 0 Å². The third kappa shape index (κ3) is 3.09. The number of carbonyl (C=O) groups excluding carboxylic acids is 1. The van der Waals surface area contributed by atoms with Gasteiger partial charge < -0.3 is 4.74 Å². The minimum atomic E-state index is -0.303. The van der Waals surface area contributed by atoms with E-state index in [1.54, 1.807) is 13.3 Å². The Balaban J connectivity index is 1.43. The number of para-hydroxylation sites is 1. The molecule has 26 heavy (non-hydrogen) atoms. The van der Waals surface area contributed by atoms with E-state index < -0.39 is 0 Å². The summed E-state index contributed by atoms with van der Waals surface area (Å²) in [6, 6.07) is 15.8. The molecule has 2 aromatic rings. The van der Waals surface area contributed by atoms with Crippen LogP contribution in [0.3, 0.4) is 0 Å². The zero-order chi connectivity index (χ0) is 17.9. The van der Waals surface area contributed by atoms with Crippen molar-refractivity contribution in [3.05, 3.63) is 65.2 Å². The van der Waals surface area contributed by atoms with E-state index in [1.807, 2.05) is 30.3 Å². The van der Waals surface area contributed by atoms with Gasteiger partial charge in [-0.05, 0) is 36.1 Å². The molecule has 0 aromatic heterocycles. The monoisotopic (exact) mass is 350 g/mol. The van der Waals surface area contributed by atoms with Crippen LogP contribution in [-0.4, -0.2) is 25.3 Å². The fourth-order valence-corrected chi connectivity index (χ4v) is 3.88. The van der Waals surface area contributed by atoms with E-state index in [2.05, 4.69) is 39.6 Å². The van der Waals surface area contributed by atoms with Gasteiger partial charge in [-0.25, -0.2) is 16.3 Å². The lowest BCUT2D eigenvalue weighted by Gasteiger charge is -2.29. The third-order valence-electron chi connectivity index (χ3n) is 5.19. The predicted molar refractivity (Wildman–Crippen MR) is 99.8 cm³/mol. The number of hydrogen-bond acceptors (Lipinski definition) is 5. The van der Waals surface area contributed by atoms with Crippen molar-refractivity contribution >= 4 is 12.1 Å². The number of ether oxygens (including phenoxy) is 1. The van der Waals surface area contributed by atoms with Crippen molar-refractivity contribution in [3.63, 3.8) is 0 Å². The van der Waals surface area contributed by atoms with Crippen molar-refractivity contribution in [3.8, 4) is 5.75 Å². The van der Waals surface area contributed by atoms with Crippen molar-refractivity contribution in [1.82, 2.24) is 16.3 Å². The smallest absolute Gasteiger partial charge is 0.258 e. The Hall–Kier alpha value is -2.70. The number of methoxy groups -OCH3 is 1. The lowest BCUT2D eigenvalue weighted by molar-refractivity contribution is -0.123. The molecule has 4 rings (SSSR count). The number of carbonyl (C=O) groups is 1. The third-order valence-corrected chi connectivity index (χ3v) is 5.19. The molecule has 0 saturated carbocycles. The number of hydrazine groups is 1. The van der Waals surface area contributed by atoms with Crippen LogP contribution in [0.15, 0.2) is 53.6 Å². The number of benzene rings is 2. The lowest BCUT2D eigenvalue weighted by Crippen LogP contribution is -2.44. The van der Waals surface area contributed by atoms with Crippen LogP contribution in [0.25, 0.3) is 0 Å². The summed E-state index contributed by atoms with van der Waals surface area (Å²) in [7, 11) is 1.61. The molecular formula is C20H22N4O2. The summed E-state index contributed by atoms with van der Waals surface area (Å²) >= 11 is 0. The van der Waals surface area contributed by atoms with Gasteiger partial charge in [0.2, 0.25) is 0 Å². The SMILES string of the molecule is COc1ccccc1/C=N/NC(=O)C1NNC2c3ccccc3CCC12. The Bertz CT molecular complexity index is 836. The number of rotatable bonds is 4. The minimum Gasteiger partial charge on any atom is -0.496 e. The van der Waals surface area contributed by atoms with Crippen LogP contribution >= 0.6 is 0 Å². The van der Waals surface area contributed by atoms with Crippen LogP contribution in [0, 0.1) is 5.92 Å². The second kappa shape index (κ2) is 7.27. The zero-order valence-electron chi connectivity index (χ0n) is 14.6. The minimum absolute atomic E-state index is 0.129. The summed E-state index contributed by atoms with van der Waals surface area (Å²) in [5, 5.41) is 4.10. The molecule has 3 N–H and O–H groups in total. The van der Waals surface area contributed by atoms with Gasteiger partial charge in [0.25, 0.3) is 5.91 Å². The molecule has 1 aliphatic heterocycles. The molecule has 1 saturated heterocycles. The van der Waals surface area contributed by atoms with Crippen molar-refractivity contribution in [1.29, 1.82) is 0 Å².